The largest absolute Gasteiger partial charge is 0.467 e. The van der Waals surface area contributed by atoms with Crippen molar-refractivity contribution in [3.8, 4) is 11.7 Å². The molecule has 0 saturated carbocycles. The molecule has 1 saturated heterocycles. The molecule has 0 radical (unpaired) electrons. The summed E-state index contributed by atoms with van der Waals surface area (Å²) in [6, 6.07) is 5.44. The van der Waals surface area contributed by atoms with Crippen molar-refractivity contribution < 1.29 is 9.53 Å². The highest BCUT2D eigenvalue weighted by molar-refractivity contribution is 5.77. The zero-order valence-corrected chi connectivity index (χ0v) is 17.8. The minimum Gasteiger partial charge on any atom is -0.467 e. The summed E-state index contributed by atoms with van der Waals surface area (Å²) in [5.41, 5.74) is 0.888. The number of amides is 1. The van der Waals surface area contributed by atoms with Gasteiger partial charge in [0.25, 0.3) is 5.91 Å². The van der Waals surface area contributed by atoms with Crippen LogP contribution in [0.1, 0.15) is 36.6 Å². The van der Waals surface area contributed by atoms with Gasteiger partial charge in [0.1, 0.15) is 17.5 Å². The van der Waals surface area contributed by atoms with Crippen LogP contribution in [-0.2, 0) is 11.3 Å². The molecule has 1 N–H and O–H groups in total. The Bertz CT molecular complexity index is 1030. The highest BCUT2D eigenvalue weighted by Gasteiger charge is 2.14. The van der Waals surface area contributed by atoms with Crippen LogP contribution < -0.4 is 15.0 Å². The third-order valence-electron chi connectivity index (χ3n) is 4.90. The normalized spacial score (nSPS) is 13.8. The highest BCUT2D eigenvalue weighted by Crippen LogP contribution is 2.18. The summed E-state index contributed by atoms with van der Waals surface area (Å²) >= 11 is 0. The maximum absolute atomic E-state index is 12.3. The Labute approximate surface area is 180 Å². The van der Waals surface area contributed by atoms with Crippen LogP contribution in [0, 0.1) is 13.8 Å². The van der Waals surface area contributed by atoms with Crippen LogP contribution in [0.25, 0.3) is 5.82 Å². The first-order valence-corrected chi connectivity index (χ1v) is 10.4. The number of nitrogens with one attached hydrogen (secondary N) is 1. The van der Waals surface area contributed by atoms with Gasteiger partial charge in [0, 0.05) is 43.3 Å². The van der Waals surface area contributed by atoms with Crippen molar-refractivity contribution in [1.82, 2.24) is 35.0 Å². The number of piperidine rings is 1. The summed E-state index contributed by atoms with van der Waals surface area (Å²) in [6.07, 6.45) is 7.06. The molecule has 0 bridgehead atoms. The van der Waals surface area contributed by atoms with Gasteiger partial charge >= 0.3 is 0 Å². The molecule has 162 valence electrons. The first-order chi connectivity index (χ1) is 15.1. The lowest BCUT2D eigenvalue weighted by Gasteiger charge is -2.28. The fourth-order valence-corrected chi connectivity index (χ4v) is 3.47. The summed E-state index contributed by atoms with van der Waals surface area (Å²) < 4.78 is 7.17. The van der Waals surface area contributed by atoms with Crippen molar-refractivity contribution in [3.63, 3.8) is 0 Å². The predicted molar refractivity (Wildman–Crippen MR) is 114 cm³/mol. The molecule has 31 heavy (non-hydrogen) atoms. The molecular formula is C21H26N8O2. The molecule has 3 aromatic rings. The van der Waals surface area contributed by atoms with E-state index in [2.05, 4.69) is 35.3 Å². The number of nitrogens with zero attached hydrogens (tertiary/aromatic N) is 7. The van der Waals surface area contributed by atoms with Gasteiger partial charge in [-0.05, 0) is 39.2 Å². The van der Waals surface area contributed by atoms with Gasteiger partial charge in [-0.15, -0.1) is 0 Å². The van der Waals surface area contributed by atoms with Gasteiger partial charge in [-0.1, -0.05) is 0 Å². The number of hydrogen-bond donors (Lipinski definition) is 1. The van der Waals surface area contributed by atoms with Crippen LogP contribution in [0.15, 0.2) is 30.6 Å². The number of carbonyl (C=O) groups is 1. The SMILES string of the molecule is Cc1cc(N2CCCCC2)nc(CNC(=O)COc2cc(-n3cccn3)nc(C)n2)n1. The van der Waals surface area contributed by atoms with Gasteiger partial charge < -0.3 is 15.0 Å². The Morgan fingerprint density at radius 3 is 2.68 bits per heavy atom. The van der Waals surface area contributed by atoms with Crippen LogP contribution in [0.2, 0.25) is 0 Å². The van der Waals surface area contributed by atoms with Crippen LogP contribution >= 0.6 is 0 Å². The summed E-state index contributed by atoms with van der Waals surface area (Å²) in [4.78, 5) is 32.2. The van der Waals surface area contributed by atoms with E-state index in [9.17, 15) is 4.79 Å². The topological polar surface area (TPSA) is 111 Å². The fraction of sp³-hybridized carbons (Fsp3) is 0.429. The third kappa shape index (κ3) is 5.53. The zero-order chi connectivity index (χ0) is 21.6. The van der Waals surface area contributed by atoms with Crippen LogP contribution in [0.3, 0.4) is 0 Å². The molecule has 1 amide bonds. The molecule has 10 heteroatoms. The molecule has 3 aromatic heterocycles. The second-order valence-electron chi connectivity index (χ2n) is 7.46. The van der Waals surface area contributed by atoms with E-state index >= 15 is 0 Å². The minimum absolute atomic E-state index is 0.167. The van der Waals surface area contributed by atoms with Gasteiger partial charge in [-0.2, -0.15) is 10.1 Å². The lowest BCUT2D eigenvalue weighted by Crippen LogP contribution is -2.32. The molecule has 0 aliphatic carbocycles. The lowest BCUT2D eigenvalue weighted by atomic mass is 10.1. The maximum atomic E-state index is 12.3. The van der Waals surface area contributed by atoms with Crippen molar-refractivity contribution in [2.24, 2.45) is 0 Å². The predicted octanol–water partition coefficient (Wildman–Crippen LogP) is 1.75. The number of rotatable bonds is 7. The second kappa shape index (κ2) is 9.50. The zero-order valence-electron chi connectivity index (χ0n) is 17.8. The number of aromatic nitrogens is 6. The number of aryl methyl sites for hydroxylation is 2. The van der Waals surface area contributed by atoms with Crippen LogP contribution in [-0.4, -0.2) is 55.3 Å². The second-order valence-corrected chi connectivity index (χ2v) is 7.46. The number of carbonyl (C=O) groups excluding carboxylic acids is 1. The van der Waals surface area contributed by atoms with E-state index in [1.54, 1.807) is 36.1 Å². The molecule has 0 spiro atoms. The van der Waals surface area contributed by atoms with Gasteiger partial charge in [0.05, 0.1) is 6.54 Å². The maximum Gasteiger partial charge on any atom is 0.258 e. The quantitative estimate of drug-likeness (QED) is 0.613. The Morgan fingerprint density at radius 1 is 1.06 bits per heavy atom. The van der Waals surface area contributed by atoms with Crippen molar-refractivity contribution in [2.75, 3.05) is 24.6 Å². The molecule has 10 nitrogen and oxygen atoms in total. The van der Waals surface area contributed by atoms with Gasteiger partial charge in [0.15, 0.2) is 12.4 Å². The molecule has 0 aromatic carbocycles. The van der Waals surface area contributed by atoms with Crippen molar-refractivity contribution >= 4 is 11.7 Å². The molecule has 4 heterocycles. The summed E-state index contributed by atoms with van der Waals surface area (Å²) in [6.45, 7) is 5.79. The van der Waals surface area contributed by atoms with Crippen molar-refractivity contribution in [3.05, 3.63) is 47.9 Å². The molecule has 1 aliphatic heterocycles. The summed E-state index contributed by atoms with van der Waals surface area (Å²) in [7, 11) is 0. The van der Waals surface area contributed by atoms with Crippen molar-refractivity contribution in [1.29, 1.82) is 0 Å². The summed E-state index contributed by atoms with van der Waals surface area (Å²) in [5.74, 6) is 2.66. The summed E-state index contributed by atoms with van der Waals surface area (Å²) in [5, 5.41) is 6.96. The smallest absolute Gasteiger partial charge is 0.258 e. The molecule has 1 aliphatic rings. The molecule has 0 unspecified atom stereocenters. The van der Waals surface area contributed by atoms with Crippen LogP contribution in [0.5, 0.6) is 5.88 Å². The van der Waals surface area contributed by atoms with Crippen molar-refractivity contribution in [2.45, 2.75) is 39.7 Å². The Balaban J connectivity index is 1.33. The Hall–Kier alpha value is -3.56. The standard InChI is InChI=1S/C21H26N8O2/c1-15-11-18(28-8-4-3-5-9-28)27-17(24-15)13-22-20(30)14-31-21-12-19(25-16(2)26-21)29-10-6-7-23-29/h6-7,10-12H,3-5,8-9,13-14H2,1-2H3,(H,22,30). The minimum atomic E-state index is -0.276. The van der Waals surface area contributed by atoms with E-state index < -0.39 is 0 Å². The average molecular weight is 422 g/mol. The highest BCUT2D eigenvalue weighted by atomic mass is 16.5. The first kappa shape index (κ1) is 20.7. The van der Waals surface area contributed by atoms with E-state index in [4.69, 9.17) is 4.74 Å². The van der Waals surface area contributed by atoms with E-state index in [1.807, 2.05) is 13.0 Å². The van der Waals surface area contributed by atoms with Crippen LogP contribution in [0.4, 0.5) is 5.82 Å². The Kier molecular flexibility index (Phi) is 6.34. The molecule has 1 fully saturated rings. The van der Waals surface area contributed by atoms with E-state index in [-0.39, 0.29) is 19.1 Å². The van der Waals surface area contributed by atoms with E-state index in [1.165, 1.54) is 19.3 Å². The average Bonchev–Trinajstić information content (AvgIpc) is 3.31. The lowest BCUT2D eigenvalue weighted by molar-refractivity contribution is -0.123. The molecule has 4 rings (SSSR count). The first-order valence-electron chi connectivity index (χ1n) is 10.4. The van der Waals surface area contributed by atoms with Gasteiger partial charge in [-0.3, -0.25) is 4.79 Å². The van der Waals surface area contributed by atoms with E-state index in [0.29, 0.717) is 23.3 Å². The fourth-order valence-electron chi connectivity index (χ4n) is 3.47. The molecule has 0 atom stereocenters. The van der Waals surface area contributed by atoms with Gasteiger partial charge in [0.2, 0.25) is 5.88 Å². The number of ether oxygens (including phenoxy) is 1. The monoisotopic (exact) mass is 422 g/mol. The Morgan fingerprint density at radius 2 is 1.90 bits per heavy atom. The third-order valence-corrected chi connectivity index (χ3v) is 4.90. The molecular weight excluding hydrogens is 396 g/mol. The number of hydrogen-bond acceptors (Lipinski definition) is 8. The number of anilines is 1. The van der Waals surface area contributed by atoms with E-state index in [0.717, 1.165) is 24.6 Å². The van der Waals surface area contributed by atoms with Gasteiger partial charge in [-0.25, -0.2) is 19.6 Å².